The lowest BCUT2D eigenvalue weighted by molar-refractivity contribution is -0.0838. The molecule has 3 nitrogen and oxygen atoms in total. The molecule has 0 aromatic carbocycles. The smallest absolute Gasteiger partial charge is 0.255 e. The van der Waals surface area contributed by atoms with Crippen molar-refractivity contribution in [2.45, 2.75) is 37.8 Å². The SMILES string of the molecule is C=C1[C@@H]2CC[C@@](OS(=O)(=O)C(F)(F)F)([C@H]2CCl)C1(C)C. The molecule has 0 unspecified atom stereocenters. The molecule has 0 heterocycles. The monoisotopic (exact) mass is 332 g/mol. The van der Waals surface area contributed by atoms with Crippen LogP contribution in [-0.2, 0) is 14.3 Å². The van der Waals surface area contributed by atoms with Gasteiger partial charge in [0, 0.05) is 17.2 Å². The summed E-state index contributed by atoms with van der Waals surface area (Å²) >= 11 is 5.87. The van der Waals surface area contributed by atoms with E-state index in [2.05, 4.69) is 6.58 Å². The third-order valence-electron chi connectivity index (χ3n) is 4.93. The van der Waals surface area contributed by atoms with Gasteiger partial charge in [0.2, 0.25) is 0 Å². The van der Waals surface area contributed by atoms with E-state index in [1.54, 1.807) is 13.8 Å². The molecule has 116 valence electrons. The Kier molecular flexibility index (Phi) is 3.51. The summed E-state index contributed by atoms with van der Waals surface area (Å²) in [5.41, 5.74) is -7.04. The lowest BCUT2D eigenvalue weighted by atomic mass is 9.70. The number of fused-ring (bicyclic) bond motifs is 2. The van der Waals surface area contributed by atoms with Crippen LogP contribution in [-0.4, -0.2) is 25.4 Å². The van der Waals surface area contributed by atoms with Crippen LogP contribution in [0.5, 0.6) is 0 Å². The molecule has 0 saturated heterocycles. The van der Waals surface area contributed by atoms with Crippen LogP contribution in [0, 0.1) is 17.3 Å². The topological polar surface area (TPSA) is 43.4 Å². The number of rotatable bonds is 3. The minimum Gasteiger partial charge on any atom is -0.255 e. The van der Waals surface area contributed by atoms with E-state index in [4.69, 9.17) is 15.8 Å². The minimum absolute atomic E-state index is 0.0422. The quantitative estimate of drug-likeness (QED) is 0.344. The Morgan fingerprint density at radius 1 is 1.45 bits per heavy atom. The van der Waals surface area contributed by atoms with Crippen LogP contribution < -0.4 is 0 Å². The first-order valence-corrected chi connectivity index (χ1v) is 8.12. The maximum Gasteiger partial charge on any atom is 0.523 e. The first-order valence-electron chi connectivity index (χ1n) is 6.18. The molecule has 20 heavy (non-hydrogen) atoms. The highest BCUT2D eigenvalue weighted by atomic mass is 35.5. The van der Waals surface area contributed by atoms with Crippen LogP contribution in [0.4, 0.5) is 13.2 Å². The molecule has 2 aliphatic carbocycles. The molecule has 0 aromatic rings. The van der Waals surface area contributed by atoms with Gasteiger partial charge < -0.3 is 0 Å². The molecule has 2 aliphatic rings. The average Bonchev–Trinajstić information content (AvgIpc) is 2.70. The van der Waals surface area contributed by atoms with Gasteiger partial charge >= 0.3 is 15.6 Å². The fourth-order valence-corrected chi connectivity index (χ4v) is 5.06. The highest BCUT2D eigenvalue weighted by Crippen LogP contribution is 2.66. The van der Waals surface area contributed by atoms with E-state index in [9.17, 15) is 21.6 Å². The Morgan fingerprint density at radius 3 is 2.45 bits per heavy atom. The van der Waals surface area contributed by atoms with Gasteiger partial charge in [-0.15, -0.1) is 11.6 Å². The second-order valence-corrected chi connectivity index (χ2v) is 7.78. The Balaban J connectivity index is 2.50. The van der Waals surface area contributed by atoms with Crippen molar-refractivity contribution in [1.29, 1.82) is 0 Å². The second-order valence-electron chi connectivity index (χ2n) is 5.93. The van der Waals surface area contributed by atoms with Crippen LogP contribution in [0.1, 0.15) is 26.7 Å². The molecule has 2 bridgehead atoms. The molecule has 0 amide bonds. The molecule has 0 radical (unpaired) electrons. The molecule has 2 saturated carbocycles. The average molecular weight is 333 g/mol. The summed E-state index contributed by atoms with van der Waals surface area (Å²) in [6.07, 6.45) is 0.781. The summed E-state index contributed by atoms with van der Waals surface area (Å²) in [6, 6.07) is 0. The standard InChI is InChI=1S/C12H16ClF3O3S/c1-7-8-4-5-11(9(8)6-13,10(7,2)3)19-20(17,18)12(14,15)16/h8-9H,1,4-6H2,2-3H3/t8-,9-,11+/m0/s1. The van der Waals surface area contributed by atoms with Crippen molar-refractivity contribution in [3.8, 4) is 0 Å². The first-order chi connectivity index (χ1) is 8.91. The third-order valence-corrected chi connectivity index (χ3v) is 6.34. The van der Waals surface area contributed by atoms with Crippen LogP contribution >= 0.6 is 11.6 Å². The van der Waals surface area contributed by atoms with Gasteiger partial charge in [0.15, 0.2) is 0 Å². The number of alkyl halides is 4. The van der Waals surface area contributed by atoms with Gasteiger partial charge in [-0.3, -0.25) is 4.18 Å². The van der Waals surface area contributed by atoms with E-state index in [-0.39, 0.29) is 18.2 Å². The highest BCUT2D eigenvalue weighted by Gasteiger charge is 2.69. The Labute approximate surface area is 121 Å². The van der Waals surface area contributed by atoms with Crippen molar-refractivity contribution >= 4 is 21.7 Å². The molecule has 2 rings (SSSR count). The molecule has 8 heteroatoms. The third kappa shape index (κ3) is 1.85. The molecule has 0 spiro atoms. The van der Waals surface area contributed by atoms with Crippen LogP contribution in [0.2, 0.25) is 0 Å². The van der Waals surface area contributed by atoms with E-state index >= 15 is 0 Å². The molecule has 2 fully saturated rings. The van der Waals surface area contributed by atoms with Crippen molar-refractivity contribution < 1.29 is 25.8 Å². The zero-order chi connectivity index (χ0) is 15.6. The molecule has 3 atom stereocenters. The fraction of sp³-hybridized carbons (Fsp3) is 0.833. The normalized spacial score (nSPS) is 36.6. The predicted molar refractivity (Wildman–Crippen MR) is 68.6 cm³/mol. The van der Waals surface area contributed by atoms with Crippen LogP contribution in [0.15, 0.2) is 12.2 Å². The van der Waals surface area contributed by atoms with Crippen molar-refractivity contribution in [1.82, 2.24) is 0 Å². The summed E-state index contributed by atoms with van der Waals surface area (Å²) < 4.78 is 65.4. The minimum atomic E-state index is -5.66. The summed E-state index contributed by atoms with van der Waals surface area (Å²) in [4.78, 5) is 0. The van der Waals surface area contributed by atoms with Gasteiger partial charge in [-0.25, -0.2) is 0 Å². The van der Waals surface area contributed by atoms with Crippen molar-refractivity contribution in [3.63, 3.8) is 0 Å². The summed E-state index contributed by atoms with van der Waals surface area (Å²) in [5, 5.41) is 0. The van der Waals surface area contributed by atoms with Gasteiger partial charge in [-0.05, 0) is 18.8 Å². The van der Waals surface area contributed by atoms with Crippen molar-refractivity contribution in [2.24, 2.45) is 17.3 Å². The summed E-state index contributed by atoms with van der Waals surface area (Å²) in [5.74, 6) is -0.518. The zero-order valence-electron chi connectivity index (χ0n) is 11.1. The lowest BCUT2D eigenvalue weighted by Gasteiger charge is -2.43. The Hall–Kier alpha value is -0.270. The maximum absolute atomic E-state index is 12.6. The van der Waals surface area contributed by atoms with Gasteiger partial charge in [0.05, 0.1) is 0 Å². The molecular weight excluding hydrogens is 317 g/mol. The predicted octanol–water partition coefficient (Wildman–Crippen LogP) is 3.45. The number of hydrogen-bond acceptors (Lipinski definition) is 3. The first kappa shape index (κ1) is 16.1. The molecular formula is C12H16ClF3O3S. The van der Waals surface area contributed by atoms with E-state index in [1.165, 1.54) is 0 Å². The Morgan fingerprint density at radius 2 is 2.00 bits per heavy atom. The van der Waals surface area contributed by atoms with E-state index in [0.29, 0.717) is 12.0 Å². The van der Waals surface area contributed by atoms with E-state index in [0.717, 1.165) is 0 Å². The largest absolute Gasteiger partial charge is 0.523 e. The van der Waals surface area contributed by atoms with Crippen molar-refractivity contribution in [3.05, 3.63) is 12.2 Å². The van der Waals surface area contributed by atoms with Gasteiger partial charge in [0.25, 0.3) is 0 Å². The summed E-state index contributed by atoms with van der Waals surface area (Å²) in [7, 11) is -5.66. The van der Waals surface area contributed by atoms with Gasteiger partial charge in [0.1, 0.15) is 5.60 Å². The fourth-order valence-electron chi connectivity index (χ4n) is 3.69. The van der Waals surface area contributed by atoms with Gasteiger partial charge in [-0.2, -0.15) is 21.6 Å². The zero-order valence-corrected chi connectivity index (χ0v) is 12.7. The highest BCUT2D eigenvalue weighted by molar-refractivity contribution is 7.87. The summed E-state index contributed by atoms with van der Waals surface area (Å²) in [6.45, 7) is 7.24. The van der Waals surface area contributed by atoms with Gasteiger partial charge in [-0.1, -0.05) is 26.0 Å². The Bertz CT molecular complexity index is 541. The molecule has 0 aliphatic heterocycles. The maximum atomic E-state index is 12.6. The van der Waals surface area contributed by atoms with E-state index in [1.807, 2.05) is 0 Å². The number of halogens is 4. The van der Waals surface area contributed by atoms with Crippen molar-refractivity contribution in [2.75, 3.05) is 5.88 Å². The molecule has 0 aromatic heterocycles. The lowest BCUT2D eigenvalue weighted by Crippen LogP contribution is -2.50. The molecule has 0 N–H and O–H groups in total. The van der Waals surface area contributed by atoms with Crippen LogP contribution in [0.3, 0.4) is 0 Å². The number of hydrogen-bond donors (Lipinski definition) is 0. The van der Waals surface area contributed by atoms with Crippen LogP contribution in [0.25, 0.3) is 0 Å². The van der Waals surface area contributed by atoms with E-state index < -0.39 is 32.6 Å². The second kappa shape index (κ2) is 4.36.